The van der Waals surface area contributed by atoms with Crippen LogP contribution in [0.2, 0.25) is 0 Å². The van der Waals surface area contributed by atoms with Gasteiger partial charge < -0.3 is 10.2 Å². The molecule has 2 aromatic carbocycles. The van der Waals surface area contributed by atoms with Gasteiger partial charge in [-0.3, -0.25) is 4.90 Å². The number of benzene rings is 2. The maximum Gasteiger partial charge on any atom is 0.159 e. The van der Waals surface area contributed by atoms with Crippen LogP contribution in [0.25, 0.3) is 16.6 Å². The number of rotatable bonds is 6. The van der Waals surface area contributed by atoms with Crippen LogP contribution in [0.5, 0.6) is 0 Å². The van der Waals surface area contributed by atoms with Crippen LogP contribution < -0.4 is 10.2 Å². The van der Waals surface area contributed by atoms with Crippen molar-refractivity contribution in [1.82, 2.24) is 19.7 Å². The zero-order valence-corrected chi connectivity index (χ0v) is 20.1. The van der Waals surface area contributed by atoms with E-state index in [0.29, 0.717) is 18.1 Å². The van der Waals surface area contributed by atoms with Gasteiger partial charge in [-0.05, 0) is 51.0 Å². The Morgan fingerprint density at radius 3 is 2.47 bits per heavy atom. The predicted octanol–water partition coefficient (Wildman–Crippen LogP) is 5.26. The largest absolute Gasteiger partial charge is 0.363 e. The van der Waals surface area contributed by atoms with Crippen molar-refractivity contribution in [3.8, 4) is 5.69 Å². The molecule has 2 bridgehead atoms. The van der Waals surface area contributed by atoms with E-state index in [1.165, 1.54) is 17.4 Å². The number of pyridine rings is 1. The minimum Gasteiger partial charge on any atom is -0.363 e. The number of hydrogen-bond donors (Lipinski definition) is 1. The molecule has 0 aliphatic carbocycles. The molecule has 4 heterocycles. The average Bonchev–Trinajstić information content (AvgIpc) is 3.57. The molecule has 2 saturated heterocycles. The number of para-hydroxylation sites is 1. The second-order valence-corrected chi connectivity index (χ2v) is 9.91. The lowest BCUT2D eigenvalue weighted by atomic mass is 10.1. The molecule has 1 unspecified atom stereocenters. The molecule has 1 N–H and O–H groups in total. The number of hydrogen-bond acceptors (Lipinski definition) is 5. The Hall–Kier alpha value is -3.38. The van der Waals surface area contributed by atoms with Crippen LogP contribution in [0.15, 0.2) is 72.9 Å². The summed E-state index contributed by atoms with van der Waals surface area (Å²) in [4.78, 5) is 9.77. The molecule has 4 aromatic rings. The Labute approximate surface area is 201 Å². The summed E-state index contributed by atoms with van der Waals surface area (Å²) in [6.07, 6.45) is 3.10. The van der Waals surface area contributed by atoms with Crippen molar-refractivity contribution in [3.63, 3.8) is 0 Å². The van der Waals surface area contributed by atoms with Gasteiger partial charge in [-0.25, -0.2) is 9.67 Å². The van der Waals surface area contributed by atoms with Crippen molar-refractivity contribution in [2.45, 2.75) is 51.4 Å². The summed E-state index contributed by atoms with van der Waals surface area (Å²) in [5.41, 5.74) is 3.39. The second-order valence-electron chi connectivity index (χ2n) is 9.91. The molecule has 174 valence electrons. The summed E-state index contributed by atoms with van der Waals surface area (Å²) in [6.45, 7) is 8.96. The molecule has 0 amide bonds. The van der Waals surface area contributed by atoms with Gasteiger partial charge in [0, 0.05) is 54.9 Å². The highest BCUT2D eigenvalue weighted by atomic mass is 15.4. The molecule has 0 radical (unpaired) electrons. The van der Waals surface area contributed by atoms with Gasteiger partial charge >= 0.3 is 0 Å². The number of nitrogens with one attached hydrogen (secondary N) is 1. The van der Waals surface area contributed by atoms with E-state index in [9.17, 15) is 0 Å². The zero-order valence-electron chi connectivity index (χ0n) is 20.1. The molecule has 6 rings (SSSR count). The Morgan fingerprint density at radius 1 is 0.912 bits per heavy atom. The van der Waals surface area contributed by atoms with Crippen LogP contribution in [-0.2, 0) is 0 Å². The molecule has 34 heavy (non-hydrogen) atoms. The third-order valence-corrected chi connectivity index (χ3v) is 7.44. The molecule has 6 nitrogen and oxygen atoms in total. The van der Waals surface area contributed by atoms with Crippen LogP contribution in [0, 0.1) is 0 Å². The van der Waals surface area contributed by atoms with Crippen LogP contribution in [0.3, 0.4) is 0 Å². The smallest absolute Gasteiger partial charge is 0.159 e. The Balaban J connectivity index is 1.32. The fourth-order valence-corrected chi connectivity index (χ4v) is 5.73. The third kappa shape index (κ3) is 3.62. The van der Waals surface area contributed by atoms with Crippen molar-refractivity contribution in [2.75, 3.05) is 23.3 Å². The van der Waals surface area contributed by atoms with E-state index in [1.54, 1.807) is 0 Å². The predicted molar refractivity (Wildman–Crippen MR) is 139 cm³/mol. The molecule has 2 aliphatic rings. The molecule has 3 atom stereocenters. The lowest BCUT2D eigenvalue weighted by molar-refractivity contribution is 0.191. The van der Waals surface area contributed by atoms with Gasteiger partial charge in [-0.1, -0.05) is 42.5 Å². The van der Waals surface area contributed by atoms with Gasteiger partial charge in [-0.2, -0.15) is 0 Å². The summed E-state index contributed by atoms with van der Waals surface area (Å²) in [5, 5.41) is 9.94. The highest BCUT2D eigenvalue weighted by molar-refractivity contribution is 5.92. The fraction of sp³-hybridized carbons (Fsp3) is 0.357. The molecule has 0 saturated carbocycles. The van der Waals surface area contributed by atoms with Gasteiger partial charge in [0.05, 0.1) is 11.2 Å². The van der Waals surface area contributed by atoms with Gasteiger partial charge in [-0.15, -0.1) is 5.10 Å². The van der Waals surface area contributed by atoms with Crippen LogP contribution in [0.4, 0.5) is 11.6 Å². The molecule has 0 spiro atoms. The van der Waals surface area contributed by atoms with Gasteiger partial charge in [0.1, 0.15) is 5.82 Å². The fourth-order valence-electron chi connectivity index (χ4n) is 5.73. The summed E-state index contributed by atoms with van der Waals surface area (Å²) in [7, 11) is 0. The Morgan fingerprint density at radius 2 is 1.71 bits per heavy atom. The highest BCUT2D eigenvalue weighted by Crippen LogP contribution is 2.38. The SMILES string of the molecule is CC(Nc1cc(-n2nc(N3C[C@@H]4C[C@H]3CN4C(C)C)c3ccccc32)ccn1)c1ccccc1. The first-order chi connectivity index (χ1) is 16.6. The zero-order chi connectivity index (χ0) is 23.2. The van der Waals surface area contributed by atoms with Gasteiger partial charge in [0.15, 0.2) is 5.82 Å². The van der Waals surface area contributed by atoms with E-state index in [0.717, 1.165) is 35.9 Å². The number of piperazine rings is 1. The van der Waals surface area contributed by atoms with E-state index >= 15 is 0 Å². The number of aromatic nitrogens is 3. The first-order valence-electron chi connectivity index (χ1n) is 12.4. The minimum atomic E-state index is 0.165. The topological polar surface area (TPSA) is 49.2 Å². The lowest BCUT2D eigenvalue weighted by Crippen LogP contribution is -2.49. The Bertz CT molecular complexity index is 1300. The number of nitrogens with zero attached hydrogens (tertiary/aromatic N) is 5. The van der Waals surface area contributed by atoms with E-state index in [4.69, 9.17) is 5.10 Å². The summed E-state index contributed by atoms with van der Waals surface area (Å²) >= 11 is 0. The number of fused-ring (bicyclic) bond motifs is 3. The second kappa shape index (κ2) is 8.44. The minimum absolute atomic E-state index is 0.165. The van der Waals surface area contributed by atoms with E-state index in [-0.39, 0.29) is 6.04 Å². The molecule has 2 fully saturated rings. The van der Waals surface area contributed by atoms with Crippen molar-refractivity contribution in [1.29, 1.82) is 0 Å². The van der Waals surface area contributed by atoms with Crippen molar-refractivity contribution >= 4 is 22.5 Å². The van der Waals surface area contributed by atoms with Crippen LogP contribution >= 0.6 is 0 Å². The molecule has 6 heteroatoms. The first-order valence-corrected chi connectivity index (χ1v) is 12.4. The van der Waals surface area contributed by atoms with Crippen LogP contribution in [0.1, 0.15) is 38.8 Å². The van der Waals surface area contributed by atoms with Crippen molar-refractivity contribution in [2.24, 2.45) is 0 Å². The monoisotopic (exact) mass is 452 g/mol. The summed E-state index contributed by atoms with van der Waals surface area (Å²) < 4.78 is 2.08. The Kier molecular flexibility index (Phi) is 5.26. The maximum absolute atomic E-state index is 5.18. The normalized spacial score (nSPS) is 21.0. The summed E-state index contributed by atoms with van der Waals surface area (Å²) in [6, 6.07) is 25.1. The van der Waals surface area contributed by atoms with E-state index < -0.39 is 0 Å². The molecule has 2 aromatic heterocycles. The van der Waals surface area contributed by atoms with Crippen LogP contribution in [-0.4, -0.2) is 50.9 Å². The highest BCUT2D eigenvalue weighted by Gasteiger charge is 2.45. The van der Waals surface area contributed by atoms with E-state index in [2.05, 4.69) is 100 Å². The maximum atomic E-state index is 5.18. The van der Waals surface area contributed by atoms with Gasteiger partial charge in [0.25, 0.3) is 0 Å². The van der Waals surface area contributed by atoms with Crippen molar-refractivity contribution < 1.29 is 0 Å². The molecule has 2 aliphatic heterocycles. The third-order valence-electron chi connectivity index (χ3n) is 7.44. The molecular formula is C28H32N6. The quantitative estimate of drug-likeness (QED) is 0.432. The average molecular weight is 453 g/mol. The van der Waals surface area contributed by atoms with E-state index in [1.807, 2.05) is 18.3 Å². The molecular weight excluding hydrogens is 420 g/mol. The van der Waals surface area contributed by atoms with Crippen molar-refractivity contribution in [3.05, 3.63) is 78.5 Å². The standard InChI is InChI=1S/C28H32N6/c1-19(2)32-17-24-15-23(32)18-33(24)28-25-11-7-8-12-26(25)34(31-28)22-13-14-29-27(16-22)30-20(3)21-9-5-4-6-10-21/h4-14,16,19-20,23-24H,15,17-18H2,1-3H3,(H,29,30)/t20?,23-,24-/m0/s1. The lowest BCUT2D eigenvalue weighted by Gasteiger charge is -2.36. The number of likely N-dealkylation sites (tertiary alicyclic amines) is 1. The first kappa shape index (κ1) is 21.2. The number of anilines is 2. The van der Waals surface area contributed by atoms with Gasteiger partial charge in [0.2, 0.25) is 0 Å². The summed E-state index contributed by atoms with van der Waals surface area (Å²) in [5.74, 6) is 1.96.